The summed E-state index contributed by atoms with van der Waals surface area (Å²) in [5.41, 5.74) is 9.67. The molecule has 0 N–H and O–H groups in total. The molecule has 0 bridgehead atoms. The van der Waals surface area contributed by atoms with Crippen LogP contribution in [-0.2, 0) is 0 Å². The number of imidazole rings is 1. The second-order valence-corrected chi connectivity index (χ2v) is 7.27. The summed E-state index contributed by atoms with van der Waals surface area (Å²) < 4.78 is 2.27. The third-order valence-corrected chi connectivity index (χ3v) is 5.06. The van der Waals surface area contributed by atoms with Gasteiger partial charge in [0, 0.05) is 16.8 Å². The Balaban J connectivity index is 2.00. The maximum Gasteiger partial charge on any atom is 0.145 e. The maximum atomic E-state index is 4.86. The molecule has 2 heteroatoms. The van der Waals surface area contributed by atoms with E-state index in [-0.39, 0.29) is 0 Å². The molecular weight excluding hydrogens is 328 g/mol. The van der Waals surface area contributed by atoms with Gasteiger partial charge in [0.25, 0.3) is 0 Å². The lowest BCUT2D eigenvalue weighted by Gasteiger charge is -2.15. The van der Waals surface area contributed by atoms with E-state index in [0.29, 0.717) is 0 Å². The van der Waals surface area contributed by atoms with Crippen molar-refractivity contribution in [1.82, 2.24) is 9.55 Å². The highest BCUT2D eigenvalue weighted by atomic mass is 15.1. The van der Waals surface area contributed by atoms with Gasteiger partial charge in [-0.05, 0) is 51.0 Å². The van der Waals surface area contributed by atoms with Gasteiger partial charge in [-0.3, -0.25) is 4.57 Å². The Kier molecular flexibility index (Phi) is 4.41. The van der Waals surface area contributed by atoms with Crippen molar-refractivity contribution in [3.63, 3.8) is 0 Å². The van der Waals surface area contributed by atoms with Crippen LogP contribution in [0, 0.1) is 27.7 Å². The first-order chi connectivity index (χ1) is 13.0. The Morgan fingerprint density at radius 2 is 1.26 bits per heavy atom. The van der Waals surface area contributed by atoms with Crippen molar-refractivity contribution >= 4 is 0 Å². The van der Waals surface area contributed by atoms with Gasteiger partial charge in [-0.25, -0.2) is 4.98 Å². The number of aryl methyl sites for hydroxylation is 4. The minimum Gasteiger partial charge on any atom is -0.292 e. The second-order valence-electron chi connectivity index (χ2n) is 7.27. The number of hydrogen-bond donors (Lipinski definition) is 0. The van der Waals surface area contributed by atoms with E-state index in [4.69, 9.17) is 4.98 Å². The zero-order valence-corrected chi connectivity index (χ0v) is 16.3. The molecule has 1 aromatic heterocycles. The molecule has 2 nitrogen and oxygen atoms in total. The minimum atomic E-state index is 0.980. The Morgan fingerprint density at radius 3 is 1.85 bits per heavy atom. The highest BCUT2D eigenvalue weighted by Crippen LogP contribution is 2.33. The minimum absolute atomic E-state index is 0.980. The van der Waals surface area contributed by atoms with Crippen molar-refractivity contribution in [1.29, 1.82) is 0 Å². The van der Waals surface area contributed by atoms with Gasteiger partial charge < -0.3 is 0 Å². The van der Waals surface area contributed by atoms with Crippen LogP contribution in [0.3, 0.4) is 0 Å². The topological polar surface area (TPSA) is 17.8 Å². The molecule has 0 saturated carbocycles. The number of para-hydroxylation sites is 1. The Bertz CT molecular complexity index is 1040. The van der Waals surface area contributed by atoms with Crippen molar-refractivity contribution in [2.75, 3.05) is 0 Å². The number of aromatic nitrogens is 2. The van der Waals surface area contributed by atoms with Gasteiger partial charge in [0.15, 0.2) is 0 Å². The van der Waals surface area contributed by atoms with E-state index in [9.17, 15) is 0 Å². The number of benzene rings is 3. The molecule has 0 spiro atoms. The fourth-order valence-electron chi connectivity index (χ4n) is 3.74. The molecule has 0 fully saturated rings. The lowest BCUT2D eigenvalue weighted by molar-refractivity contribution is 1.07. The number of rotatable bonds is 3. The zero-order valence-electron chi connectivity index (χ0n) is 16.3. The van der Waals surface area contributed by atoms with E-state index in [1.807, 2.05) is 12.3 Å². The molecule has 0 atom stereocenters. The van der Waals surface area contributed by atoms with Crippen molar-refractivity contribution in [2.45, 2.75) is 27.7 Å². The lowest BCUT2D eigenvalue weighted by atomic mass is 10.0. The van der Waals surface area contributed by atoms with E-state index in [1.165, 1.54) is 33.4 Å². The summed E-state index contributed by atoms with van der Waals surface area (Å²) in [5, 5.41) is 0. The molecular formula is C25H24N2. The molecule has 0 amide bonds. The lowest BCUT2D eigenvalue weighted by Crippen LogP contribution is -2.01. The Morgan fingerprint density at radius 1 is 0.667 bits per heavy atom. The highest BCUT2D eigenvalue weighted by molar-refractivity contribution is 5.73. The fourth-order valence-corrected chi connectivity index (χ4v) is 3.74. The summed E-state index contributed by atoms with van der Waals surface area (Å²) in [6.07, 6.45) is 2.00. The molecule has 134 valence electrons. The molecule has 0 saturated heterocycles. The summed E-state index contributed by atoms with van der Waals surface area (Å²) in [5.74, 6) is 0.980. The van der Waals surface area contributed by atoms with E-state index < -0.39 is 0 Å². The summed E-state index contributed by atoms with van der Waals surface area (Å²) in [6, 6.07) is 23.6. The summed E-state index contributed by atoms with van der Waals surface area (Å²) in [4.78, 5) is 4.86. The van der Waals surface area contributed by atoms with Gasteiger partial charge in [-0.15, -0.1) is 0 Å². The van der Waals surface area contributed by atoms with Crippen LogP contribution in [0.15, 0.2) is 72.9 Å². The Labute approximate surface area is 161 Å². The fraction of sp³-hybridized carbons (Fsp3) is 0.160. The molecule has 1 heterocycles. The molecule has 4 rings (SSSR count). The van der Waals surface area contributed by atoms with Gasteiger partial charge in [0.05, 0.1) is 11.9 Å². The molecule has 0 radical (unpaired) electrons. The van der Waals surface area contributed by atoms with Crippen LogP contribution in [0.2, 0.25) is 0 Å². The van der Waals surface area contributed by atoms with Gasteiger partial charge in [-0.1, -0.05) is 65.7 Å². The molecule has 0 aliphatic carbocycles. The van der Waals surface area contributed by atoms with Gasteiger partial charge in [0.2, 0.25) is 0 Å². The van der Waals surface area contributed by atoms with Crippen molar-refractivity contribution in [2.24, 2.45) is 0 Å². The molecule has 0 unspecified atom stereocenters. The maximum absolute atomic E-state index is 4.86. The van der Waals surface area contributed by atoms with Crippen LogP contribution < -0.4 is 0 Å². The van der Waals surface area contributed by atoms with Gasteiger partial charge in [-0.2, -0.15) is 0 Å². The normalized spacial score (nSPS) is 11.0. The molecule has 0 aliphatic heterocycles. The first-order valence-electron chi connectivity index (χ1n) is 9.33. The first kappa shape index (κ1) is 17.3. The van der Waals surface area contributed by atoms with Crippen molar-refractivity contribution in [3.8, 4) is 28.3 Å². The average Bonchev–Trinajstić information content (AvgIpc) is 3.07. The molecule has 0 aliphatic rings. The zero-order chi connectivity index (χ0) is 19.0. The highest BCUT2D eigenvalue weighted by Gasteiger charge is 2.17. The van der Waals surface area contributed by atoms with Gasteiger partial charge in [0.1, 0.15) is 5.82 Å². The van der Waals surface area contributed by atoms with E-state index in [2.05, 4.69) is 92.9 Å². The summed E-state index contributed by atoms with van der Waals surface area (Å²) in [7, 11) is 0. The van der Waals surface area contributed by atoms with Crippen LogP contribution in [0.5, 0.6) is 0 Å². The third kappa shape index (κ3) is 3.19. The quantitative estimate of drug-likeness (QED) is 0.415. The van der Waals surface area contributed by atoms with Crippen molar-refractivity contribution < 1.29 is 0 Å². The second kappa shape index (κ2) is 6.88. The summed E-state index contributed by atoms with van der Waals surface area (Å²) in [6.45, 7) is 8.58. The Hall–Kier alpha value is -3.13. The monoisotopic (exact) mass is 352 g/mol. The van der Waals surface area contributed by atoms with Crippen LogP contribution >= 0.6 is 0 Å². The predicted octanol–water partition coefficient (Wildman–Crippen LogP) is 6.44. The predicted molar refractivity (Wildman–Crippen MR) is 113 cm³/mol. The molecule has 27 heavy (non-hydrogen) atoms. The van der Waals surface area contributed by atoms with Gasteiger partial charge >= 0.3 is 0 Å². The van der Waals surface area contributed by atoms with Crippen molar-refractivity contribution in [3.05, 3.63) is 95.2 Å². The molecule has 4 aromatic rings. The van der Waals surface area contributed by atoms with Crippen LogP contribution in [-0.4, -0.2) is 9.55 Å². The standard InChI is InChI=1S/C25H24N2/c1-17-10-12-22(19(3)14-17)24-16-26-25(23-13-11-18(2)15-20(23)4)27(24)21-8-6-5-7-9-21/h5-16H,1-4H3. The SMILES string of the molecule is Cc1ccc(-c2cnc(-c3ccc(C)cc3C)n2-c2ccccc2)c(C)c1. The molecule has 3 aromatic carbocycles. The third-order valence-electron chi connectivity index (χ3n) is 5.06. The van der Waals surface area contributed by atoms with E-state index in [1.54, 1.807) is 0 Å². The smallest absolute Gasteiger partial charge is 0.145 e. The summed E-state index contributed by atoms with van der Waals surface area (Å²) >= 11 is 0. The number of hydrogen-bond acceptors (Lipinski definition) is 1. The average molecular weight is 352 g/mol. The van der Waals surface area contributed by atoms with E-state index >= 15 is 0 Å². The number of nitrogens with zero attached hydrogens (tertiary/aromatic N) is 2. The van der Waals surface area contributed by atoms with E-state index in [0.717, 1.165) is 17.2 Å². The largest absolute Gasteiger partial charge is 0.292 e. The van der Waals surface area contributed by atoms with Crippen LogP contribution in [0.1, 0.15) is 22.3 Å². The van der Waals surface area contributed by atoms with Crippen LogP contribution in [0.25, 0.3) is 28.3 Å². The first-order valence-corrected chi connectivity index (χ1v) is 9.33. The van der Waals surface area contributed by atoms with Crippen LogP contribution in [0.4, 0.5) is 0 Å².